The highest BCUT2D eigenvalue weighted by Gasteiger charge is 2.05. The van der Waals surface area contributed by atoms with Gasteiger partial charge in [0.05, 0.1) is 23.8 Å². The SMILES string of the molecule is COc1ccc(CCCCSc2ccnc(CSc3nc4ccccc4[nH]3)c2)cc1. The molecule has 0 unspecified atom stereocenters. The normalized spacial score (nSPS) is 11.1. The van der Waals surface area contributed by atoms with Crippen molar-refractivity contribution in [3.8, 4) is 5.75 Å². The smallest absolute Gasteiger partial charge is 0.166 e. The topological polar surface area (TPSA) is 50.8 Å². The molecule has 0 bridgehead atoms. The third-order valence-electron chi connectivity index (χ3n) is 4.80. The van der Waals surface area contributed by atoms with E-state index < -0.39 is 0 Å². The third kappa shape index (κ3) is 5.80. The molecule has 2 aromatic heterocycles. The van der Waals surface area contributed by atoms with Crippen LogP contribution in [0.15, 0.2) is 76.9 Å². The molecule has 0 amide bonds. The van der Waals surface area contributed by atoms with E-state index in [1.54, 1.807) is 18.9 Å². The Morgan fingerprint density at radius 1 is 0.967 bits per heavy atom. The van der Waals surface area contributed by atoms with Gasteiger partial charge in [-0.15, -0.1) is 11.8 Å². The van der Waals surface area contributed by atoms with E-state index in [-0.39, 0.29) is 0 Å². The summed E-state index contributed by atoms with van der Waals surface area (Å²) < 4.78 is 5.21. The molecule has 0 atom stereocenters. The first-order valence-corrected chi connectivity index (χ1v) is 12.1. The van der Waals surface area contributed by atoms with Crippen LogP contribution in [0, 0.1) is 0 Å². The monoisotopic (exact) mass is 435 g/mol. The van der Waals surface area contributed by atoms with E-state index in [0.29, 0.717) is 0 Å². The number of para-hydroxylation sites is 2. The molecular weight excluding hydrogens is 410 g/mol. The van der Waals surface area contributed by atoms with Crippen molar-refractivity contribution in [2.75, 3.05) is 12.9 Å². The van der Waals surface area contributed by atoms with E-state index >= 15 is 0 Å². The molecule has 0 saturated heterocycles. The lowest BCUT2D eigenvalue weighted by molar-refractivity contribution is 0.414. The van der Waals surface area contributed by atoms with Crippen molar-refractivity contribution in [1.29, 1.82) is 0 Å². The van der Waals surface area contributed by atoms with Gasteiger partial charge in [0, 0.05) is 16.8 Å². The van der Waals surface area contributed by atoms with Crippen LogP contribution in [0.25, 0.3) is 11.0 Å². The van der Waals surface area contributed by atoms with Gasteiger partial charge in [-0.05, 0) is 67.0 Å². The van der Waals surface area contributed by atoms with Gasteiger partial charge in [0.1, 0.15) is 5.75 Å². The van der Waals surface area contributed by atoms with Gasteiger partial charge in [0.15, 0.2) is 5.16 Å². The molecule has 0 aliphatic rings. The minimum atomic E-state index is 0.811. The maximum atomic E-state index is 5.21. The van der Waals surface area contributed by atoms with E-state index in [1.165, 1.54) is 23.3 Å². The molecular formula is C24H25N3OS2. The zero-order chi connectivity index (χ0) is 20.6. The third-order valence-corrected chi connectivity index (χ3v) is 6.79. The first kappa shape index (κ1) is 20.8. The Labute approximate surface area is 185 Å². The first-order valence-electron chi connectivity index (χ1n) is 10.1. The summed E-state index contributed by atoms with van der Waals surface area (Å²) in [6, 6.07) is 20.8. The maximum absolute atomic E-state index is 5.21. The standard InChI is InChI=1S/C24H25N3OS2/c1-28-20-11-9-18(10-12-20)6-4-5-15-29-21-13-14-25-19(16-21)17-30-24-26-22-7-2-3-8-23(22)27-24/h2-3,7-14,16H,4-6,15,17H2,1H3,(H,26,27). The molecule has 2 heterocycles. The Kier molecular flexibility index (Phi) is 7.32. The van der Waals surface area contributed by atoms with Crippen LogP contribution in [0.5, 0.6) is 5.75 Å². The molecule has 4 rings (SSSR count). The summed E-state index contributed by atoms with van der Waals surface area (Å²) in [6.45, 7) is 0. The Bertz CT molecular complexity index is 1050. The van der Waals surface area contributed by atoms with Crippen molar-refractivity contribution in [2.45, 2.75) is 35.1 Å². The van der Waals surface area contributed by atoms with Crippen LogP contribution in [0.2, 0.25) is 0 Å². The fourth-order valence-corrected chi connectivity index (χ4v) is 4.93. The Hall–Kier alpha value is -2.44. The van der Waals surface area contributed by atoms with Crippen LogP contribution in [0.3, 0.4) is 0 Å². The van der Waals surface area contributed by atoms with Crippen molar-refractivity contribution < 1.29 is 4.74 Å². The average Bonchev–Trinajstić information content (AvgIpc) is 3.21. The number of methoxy groups -OCH3 is 1. The molecule has 0 fully saturated rings. The molecule has 154 valence electrons. The number of benzene rings is 2. The van der Waals surface area contributed by atoms with E-state index in [0.717, 1.165) is 45.6 Å². The highest BCUT2D eigenvalue weighted by Crippen LogP contribution is 2.25. The number of unbranched alkanes of at least 4 members (excludes halogenated alkanes) is 1. The van der Waals surface area contributed by atoms with Crippen LogP contribution < -0.4 is 4.74 Å². The highest BCUT2D eigenvalue weighted by atomic mass is 32.2. The number of nitrogens with one attached hydrogen (secondary N) is 1. The predicted octanol–water partition coefficient (Wildman–Crippen LogP) is 6.37. The number of hydrogen-bond acceptors (Lipinski definition) is 5. The summed E-state index contributed by atoms with van der Waals surface area (Å²) in [5, 5.41) is 0.939. The lowest BCUT2D eigenvalue weighted by Gasteiger charge is -2.05. The second kappa shape index (κ2) is 10.5. The molecule has 0 aliphatic heterocycles. The van der Waals surface area contributed by atoms with Gasteiger partial charge in [0.25, 0.3) is 0 Å². The number of fused-ring (bicyclic) bond motifs is 1. The summed E-state index contributed by atoms with van der Waals surface area (Å²) in [6.07, 6.45) is 5.41. The molecule has 4 nitrogen and oxygen atoms in total. The van der Waals surface area contributed by atoms with Crippen LogP contribution in [0.1, 0.15) is 24.1 Å². The van der Waals surface area contributed by atoms with Gasteiger partial charge < -0.3 is 9.72 Å². The Balaban J connectivity index is 1.21. The molecule has 0 aliphatic carbocycles. The Morgan fingerprint density at radius 2 is 1.83 bits per heavy atom. The number of aromatic amines is 1. The maximum Gasteiger partial charge on any atom is 0.166 e. The van der Waals surface area contributed by atoms with Crippen molar-refractivity contribution in [3.05, 3.63) is 78.1 Å². The molecule has 6 heteroatoms. The summed E-state index contributed by atoms with van der Waals surface area (Å²) >= 11 is 3.60. The minimum Gasteiger partial charge on any atom is -0.497 e. The number of imidazole rings is 1. The van der Waals surface area contributed by atoms with Crippen molar-refractivity contribution >= 4 is 34.6 Å². The number of nitrogens with zero attached hydrogens (tertiary/aromatic N) is 2. The average molecular weight is 436 g/mol. The van der Waals surface area contributed by atoms with Crippen LogP contribution in [-0.2, 0) is 12.2 Å². The number of H-pyrrole nitrogens is 1. The second-order valence-electron chi connectivity index (χ2n) is 6.98. The fourth-order valence-electron chi connectivity index (χ4n) is 3.18. The number of aromatic nitrogens is 3. The van der Waals surface area contributed by atoms with E-state index in [2.05, 4.69) is 45.3 Å². The summed E-state index contributed by atoms with van der Waals surface area (Å²) in [7, 11) is 1.70. The van der Waals surface area contributed by atoms with Crippen molar-refractivity contribution in [1.82, 2.24) is 15.0 Å². The van der Waals surface area contributed by atoms with Gasteiger partial charge in [-0.3, -0.25) is 4.98 Å². The molecule has 0 spiro atoms. The van der Waals surface area contributed by atoms with E-state index in [9.17, 15) is 0 Å². The second-order valence-corrected chi connectivity index (χ2v) is 9.12. The number of thioether (sulfide) groups is 2. The minimum absolute atomic E-state index is 0.811. The number of ether oxygens (including phenoxy) is 1. The lowest BCUT2D eigenvalue weighted by atomic mass is 10.1. The molecule has 30 heavy (non-hydrogen) atoms. The molecule has 1 N–H and O–H groups in total. The quantitative estimate of drug-likeness (QED) is 0.232. The van der Waals surface area contributed by atoms with E-state index in [4.69, 9.17) is 4.74 Å². The molecule has 2 aromatic carbocycles. The van der Waals surface area contributed by atoms with Gasteiger partial charge in [-0.25, -0.2) is 4.98 Å². The van der Waals surface area contributed by atoms with Crippen LogP contribution >= 0.6 is 23.5 Å². The van der Waals surface area contributed by atoms with E-state index in [1.807, 2.05) is 48.3 Å². The zero-order valence-corrected chi connectivity index (χ0v) is 18.6. The van der Waals surface area contributed by atoms with Crippen molar-refractivity contribution in [2.24, 2.45) is 0 Å². The first-order chi connectivity index (χ1) is 14.8. The van der Waals surface area contributed by atoms with Gasteiger partial charge in [-0.2, -0.15) is 0 Å². The zero-order valence-electron chi connectivity index (χ0n) is 17.0. The van der Waals surface area contributed by atoms with Crippen molar-refractivity contribution in [3.63, 3.8) is 0 Å². The number of rotatable bonds is 10. The number of pyridine rings is 1. The molecule has 4 aromatic rings. The predicted molar refractivity (Wildman–Crippen MR) is 127 cm³/mol. The Morgan fingerprint density at radius 3 is 2.67 bits per heavy atom. The fraction of sp³-hybridized carbons (Fsp3) is 0.250. The summed E-state index contributed by atoms with van der Waals surface area (Å²) in [5.41, 5.74) is 4.54. The molecule has 0 radical (unpaired) electrons. The summed E-state index contributed by atoms with van der Waals surface area (Å²) in [5.74, 6) is 2.85. The lowest BCUT2D eigenvalue weighted by Crippen LogP contribution is -1.90. The largest absolute Gasteiger partial charge is 0.497 e. The molecule has 0 saturated carbocycles. The highest BCUT2D eigenvalue weighted by molar-refractivity contribution is 7.99. The summed E-state index contributed by atoms with van der Waals surface area (Å²) in [4.78, 5) is 13.8. The van der Waals surface area contributed by atoms with Crippen LogP contribution in [-0.4, -0.2) is 27.8 Å². The van der Waals surface area contributed by atoms with Gasteiger partial charge in [-0.1, -0.05) is 36.0 Å². The number of hydrogen-bond donors (Lipinski definition) is 1. The van der Waals surface area contributed by atoms with Gasteiger partial charge >= 0.3 is 0 Å². The van der Waals surface area contributed by atoms with Gasteiger partial charge in [0.2, 0.25) is 0 Å². The number of aryl methyl sites for hydroxylation is 1. The van der Waals surface area contributed by atoms with Crippen LogP contribution in [0.4, 0.5) is 0 Å².